The first kappa shape index (κ1) is 20.7. The Labute approximate surface area is 158 Å². The van der Waals surface area contributed by atoms with Crippen molar-refractivity contribution < 1.29 is 22.4 Å². The van der Waals surface area contributed by atoms with Crippen LogP contribution < -0.4 is 10.6 Å². The molecule has 9 heteroatoms. The normalized spacial score (nSPS) is 12.6. The van der Waals surface area contributed by atoms with Crippen LogP contribution in [0.1, 0.15) is 11.0 Å². The number of hydrogen-bond acceptors (Lipinski definition) is 6. The van der Waals surface area contributed by atoms with Crippen LogP contribution in [-0.2, 0) is 19.4 Å². The van der Waals surface area contributed by atoms with Gasteiger partial charge in [0.15, 0.2) is 9.84 Å². The number of likely N-dealkylation sites (N-methyl/N-ethyl adjacent to an activating group) is 1. The molecule has 1 atom stereocenters. The van der Waals surface area contributed by atoms with Gasteiger partial charge in [0.1, 0.15) is 11.0 Å². The molecule has 0 bridgehead atoms. The van der Waals surface area contributed by atoms with Crippen LogP contribution in [0.2, 0.25) is 0 Å². The van der Waals surface area contributed by atoms with Gasteiger partial charge in [0.2, 0.25) is 0 Å². The average Bonchev–Trinajstić information content (AvgIpc) is 3.16. The van der Waals surface area contributed by atoms with E-state index in [9.17, 15) is 18.0 Å². The van der Waals surface area contributed by atoms with Gasteiger partial charge in [-0.3, -0.25) is 9.59 Å². The summed E-state index contributed by atoms with van der Waals surface area (Å²) in [4.78, 5) is 25.8. The van der Waals surface area contributed by atoms with E-state index in [2.05, 4.69) is 10.6 Å². The maximum absolute atomic E-state index is 12.9. The summed E-state index contributed by atoms with van der Waals surface area (Å²) in [6.07, 6.45) is 1.36. The number of nitrogens with one attached hydrogen (secondary N) is 2. The summed E-state index contributed by atoms with van der Waals surface area (Å²) in [5.41, 5.74) is 0. The third-order valence-electron chi connectivity index (χ3n) is 3.81. The summed E-state index contributed by atoms with van der Waals surface area (Å²) in [7, 11) is -0.137. The fourth-order valence-electron chi connectivity index (χ4n) is 2.35. The van der Waals surface area contributed by atoms with Gasteiger partial charge in [-0.1, -0.05) is 18.2 Å². The Kier molecular flexibility index (Phi) is 7.14. The van der Waals surface area contributed by atoms with Crippen LogP contribution in [0.3, 0.4) is 0 Å². The fraction of sp³-hybridized carbons (Fsp3) is 0.333. The molecule has 0 aliphatic carbocycles. The quantitative estimate of drug-likeness (QED) is 0.636. The molecule has 27 heavy (non-hydrogen) atoms. The predicted octanol–water partition coefficient (Wildman–Crippen LogP) is 0.589. The van der Waals surface area contributed by atoms with E-state index in [1.165, 1.54) is 24.5 Å². The van der Waals surface area contributed by atoms with Gasteiger partial charge >= 0.3 is 11.8 Å². The Hall–Kier alpha value is -2.65. The van der Waals surface area contributed by atoms with Crippen LogP contribution in [0.25, 0.3) is 0 Å². The second-order valence-electron chi connectivity index (χ2n) is 6.13. The minimum absolute atomic E-state index is 0.107. The van der Waals surface area contributed by atoms with Gasteiger partial charge in [-0.15, -0.1) is 0 Å². The number of furan rings is 1. The Balaban J connectivity index is 2.09. The van der Waals surface area contributed by atoms with E-state index in [-0.39, 0.29) is 17.2 Å². The first-order valence-electron chi connectivity index (χ1n) is 8.35. The van der Waals surface area contributed by atoms with E-state index in [4.69, 9.17) is 4.42 Å². The molecule has 0 fully saturated rings. The SMILES string of the molecule is CN(C)CCNC(=O)C(=O)NC[C@H](c1ccco1)S(=O)(=O)c1ccccc1. The second-order valence-corrected chi connectivity index (χ2v) is 8.26. The van der Waals surface area contributed by atoms with Gasteiger partial charge in [-0.2, -0.15) is 0 Å². The highest BCUT2D eigenvalue weighted by Gasteiger charge is 2.32. The molecule has 1 aromatic heterocycles. The zero-order valence-electron chi connectivity index (χ0n) is 15.2. The summed E-state index contributed by atoms with van der Waals surface area (Å²) < 4.78 is 31.1. The summed E-state index contributed by atoms with van der Waals surface area (Å²) in [5, 5.41) is 3.71. The zero-order chi connectivity index (χ0) is 19.9. The van der Waals surface area contributed by atoms with E-state index in [0.29, 0.717) is 13.1 Å². The van der Waals surface area contributed by atoms with Crippen molar-refractivity contribution in [3.63, 3.8) is 0 Å². The molecular formula is C18H23N3O5S. The van der Waals surface area contributed by atoms with Gasteiger partial charge in [0.05, 0.1) is 11.2 Å². The number of carbonyl (C=O) groups is 2. The molecule has 1 aromatic carbocycles. The highest BCUT2D eigenvalue weighted by atomic mass is 32.2. The van der Waals surface area contributed by atoms with E-state index in [1.54, 1.807) is 24.3 Å². The van der Waals surface area contributed by atoms with Crippen molar-refractivity contribution in [2.45, 2.75) is 10.1 Å². The highest BCUT2D eigenvalue weighted by molar-refractivity contribution is 7.91. The minimum atomic E-state index is -3.82. The summed E-state index contributed by atoms with van der Waals surface area (Å²) in [5.74, 6) is -1.52. The molecule has 2 rings (SSSR count). The lowest BCUT2D eigenvalue weighted by Crippen LogP contribution is -2.43. The van der Waals surface area contributed by atoms with Gasteiger partial charge in [-0.25, -0.2) is 8.42 Å². The third-order valence-corrected chi connectivity index (χ3v) is 5.88. The van der Waals surface area contributed by atoms with Crippen molar-refractivity contribution in [1.29, 1.82) is 0 Å². The number of nitrogens with zero attached hydrogens (tertiary/aromatic N) is 1. The highest BCUT2D eigenvalue weighted by Crippen LogP contribution is 2.28. The lowest BCUT2D eigenvalue weighted by atomic mass is 10.3. The molecule has 0 saturated heterocycles. The topological polar surface area (TPSA) is 109 Å². The Bertz CT molecular complexity index is 848. The van der Waals surface area contributed by atoms with Crippen molar-refractivity contribution in [3.8, 4) is 0 Å². The zero-order valence-corrected chi connectivity index (χ0v) is 16.0. The smallest absolute Gasteiger partial charge is 0.309 e. The van der Waals surface area contributed by atoms with Crippen LogP contribution in [0, 0.1) is 0 Å². The molecule has 2 N–H and O–H groups in total. The van der Waals surface area contributed by atoms with E-state index in [0.717, 1.165) is 0 Å². The predicted molar refractivity (Wildman–Crippen MR) is 99.7 cm³/mol. The Morgan fingerprint density at radius 1 is 1.04 bits per heavy atom. The van der Waals surface area contributed by atoms with Gasteiger partial charge in [-0.05, 0) is 38.4 Å². The molecule has 2 aromatic rings. The number of rotatable bonds is 8. The Morgan fingerprint density at radius 2 is 1.70 bits per heavy atom. The Morgan fingerprint density at radius 3 is 2.30 bits per heavy atom. The van der Waals surface area contributed by atoms with Crippen LogP contribution in [0.4, 0.5) is 0 Å². The number of sulfone groups is 1. The molecule has 2 amide bonds. The maximum Gasteiger partial charge on any atom is 0.309 e. The van der Waals surface area contributed by atoms with Crippen molar-refractivity contribution >= 4 is 21.7 Å². The summed E-state index contributed by atoms with van der Waals surface area (Å²) >= 11 is 0. The molecule has 0 saturated carbocycles. The number of carbonyl (C=O) groups excluding carboxylic acids is 2. The molecule has 0 unspecified atom stereocenters. The molecule has 0 spiro atoms. The monoisotopic (exact) mass is 393 g/mol. The fourth-order valence-corrected chi connectivity index (χ4v) is 3.96. The molecule has 8 nitrogen and oxygen atoms in total. The number of amides is 2. The first-order chi connectivity index (χ1) is 12.8. The van der Waals surface area contributed by atoms with E-state index < -0.39 is 26.9 Å². The van der Waals surface area contributed by atoms with Crippen LogP contribution in [0.15, 0.2) is 58.0 Å². The molecule has 0 aliphatic rings. The van der Waals surface area contributed by atoms with Crippen molar-refractivity contribution in [1.82, 2.24) is 15.5 Å². The van der Waals surface area contributed by atoms with Gasteiger partial charge in [0.25, 0.3) is 0 Å². The first-order valence-corrected chi connectivity index (χ1v) is 9.90. The molecule has 1 heterocycles. The van der Waals surface area contributed by atoms with Crippen molar-refractivity contribution in [2.75, 3.05) is 33.7 Å². The molecule has 0 aliphatic heterocycles. The van der Waals surface area contributed by atoms with Gasteiger partial charge < -0.3 is 20.0 Å². The standard InChI is InChI=1S/C18H23N3O5S/c1-21(2)11-10-19-17(22)18(23)20-13-16(15-9-6-12-26-15)27(24,25)14-7-4-3-5-8-14/h3-9,12,16H,10-11,13H2,1-2H3,(H,19,22)(H,20,23)/t16-/m1/s1. The minimum Gasteiger partial charge on any atom is -0.468 e. The summed E-state index contributed by atoms with van der Waals surface area (Å²) in [6, 6.07) is 11.0. The molecular weight excluding hydrogens is 370 g/mol. The lowest BCUT2D eigenvalue weighted by Gasteiger charge is -2.16. The number of hydrogen-bond donors (Lipinski definition) is 2. The molecule has 146 valence electrons. The van der Waals surface area contributed by atoms with Crippen molar-refractivity contribution in [2.24, 2.45) is 0 Å². The molecule has 0 radical (unpaired) electrons. The second kappa shape index (κ2) is 9.33. The largest absolute Gasteiger partial charge is 0.468 e. The van der Waals surface area contributed by atoms with Gasteiger partial charge in [0, 0.05) is 19.6 Å². The van der Waals surface area contributed by atoms with E-state index >= 15 is 0 Å². The average molecular weight is 393 g/mol. The van der Waals surface area contributed by atoms with Crippen LogP contribution in [-0.4, -0.2) is 58.9 Å². The summed E-state index contributed by atoms with van der Waals surface area (Å²) in [6.45, 7) is 0.601. The van der Waals surface area contributed by atoms with Crippen LogP contribution in [0.5, 0.6) is 0 Å². The van der Waals surface area contributed by atoms with Crippen molar-refractivity contribution in [3.05, 3.63) is 54.5 Å². The maximum atomic E-state index is 12.9. The lowest BCUT2D eigenvalue weighted by molar-refractivity contribution is -0.139. The number of benzene rings is 1. The van der Waals surface area contributed by atoms with E-state index in [1.807, 2.05) is 19.0 Å². The third kappa shape index (κ3) is 5.66. The van der Waals surface area contributed by atoms with Crippen LogP contribution >= 0.6 is 0 Å².